The Labute approximate surface area is 100 Å². The molecule has 0 aromatic carbocycles. The van der Waals surface area contributed by atoms with Crippen LogP contribution in [0.2, 0.25) is 0 Å². The van der Waals surface area contributed by atoms with E-state index in [4.69, 9.17) is 14.6 Å². The first kappa shape index (κ1) is 15.9. The first-order valence-electron chi connectivity index (χ1n) is 6.44. The third kappa shape index (κ3) is 6.46. The van der Waals surface area contributed by atoms with Gasteiger partial charge in [0.1, 0.15) is 0 Å². The zero-order valence-electron chi connectivity index (χ0n) is 11.2. The Morgan fingerprint density at radius 2 is 1.69 bits per heavy atom. The van der Waals surface area contributed by atoms with Crippen molar-refractivity contribution in [2.24, 2.45) is 5.92 Å². The van der Waals surface area contributed by atoms with E-state index >= 15 is 0 Å². The molecule has 0 bridgehead atoms. The van der Waals surface area contributed by atoms with E-state index < -0.39 is 0 Å². The second-order valence-corrected chi connectivity index (χ2v) is 4.44. The Balaban J connectivity index is 4.08. The van der Waals surface area contributed by atoms with Gasteiger partial charge in [-0.15, -0.1) is 0 Å². The van der Waals surface area contributed by atoms with Gasteiger partial charge in [-0.05, 0) is 25.7 Å². The minimum Gasteiger partial charge on any atom is -0.394 e. The van der Waals surface area contributed by atoms with Gasteiger partial charge >= 0.3 is 0 Å². The normalized spacial score (nSPS) is 15.4. The van der Waals surface area contributed by atoms with Crippen LogP contribution < -0.4 is 0 Å². The van der Waals surface area contributed by atoms with Gasteiger partial charge in [-0.3, -0.25) is 0 Å². The molecule has 2 unspecified atom stereocenters. The van der Waals surface area contributed by atoms with Crippen LogP contribution in [0.25, 0.3) is 0 Å². The minimum absolute atomic E-state index is 0.0721. The van der Waals surface area contributed by atoms with Crippen molar-refractivity contribution in [3.05, 3.63) is 0 Å². The number of methoxy groups -OCH3 is 1. The van der Waals surface area contributed by atoms with Crippen LogP contribution in [0, 0.1) is 5.92 Å². The summed E-state index contributed by atoms with van der Waals surface area (Å²) in [6, 6.07) is 0. The topological polar surface area (TPSA) is 38.7 Å². The fraction of sp³-hybridized carbons (Fsp3) is 1.00. The molecule has 0 rings (SSSR count). The Morgan fingerprint density at radius 3 is 2.06 bits per heavy atom. The highest BCUT2D eigenvalue weighted by atomic mass is 16.5. The second-order valence-electron chi connectivity index (χ2n) is 4.44. The van der Waals surface area contributed by atoms with Crippen LogP contribution in [0.4, 0.5) is 0 Å². The van der Waals surface area contributed by atoms with Gasteiger partial charge in [-0.25, -0.2) is 0 Å². The van der Waals surface area contributed by atoms with Crippen LogP contribution in [0.1, 0.15) is 46.5 Å². The SMILES string of the molecule is CCCC(CCC)C(COC(C)CO)OC. The van der Waals surface area contributed by atoms with Crippen LogP contribution in [-0.4, -0.2) is 37.6 Å². The maximum Gasteiger partial charge on any atom is 0.0832 e. The number of hydrogen-bond donors (Lipinski definition) is 1. The summed E-state index contributed by atoms with van der Waals surface area (Å²) in [7, 11) is 1.75. The molecule has 0 fully saturated rings. The van der Waals surface area contributed by atoms with Gasteiger partial charge < -0.3 is 14.6 Å². The van der Waals surface area contributed by atoms with Gasteiger partial charge in [-0.1, -0.05) is 26.7 Å². The summed E-state index contributed by atoms with van der Waals surface area (Å²) in [5.41, 5.74) is 0. The maximum atomic E-state index is 8.90. The average molecular weight is 232 g/mol. The molecule has 3 heteroatoms. The summed E-state index contributed by atoms with van der Waals surface area (Å²) in [5.74, 6) is 0.575. The Kier molecular flexibility index (Phi) is 9.99. The number of ether oxygens (including phenoxy) is 2. The molecular weight excluding hydrogens is 204 g/mol. The highest BCUT2D eigenvalue weighted by Gasteiger charge is 2.20. The van der Waals surface area contributed by atoms with Gasteiger partial charge in [-0.2, -0.15) is 0 Å². The summed E-state index contributed by atoms with van der Waals surface area (Å²) >= 11 is 0. The number of aliphatic hydroxyl groups excluding tert-OH is 1. The fourth-order valence-corrected chi connectivity index (χ4v) is 1.97. The van der Waals surface area contributed by atoms with Crippen LogP contribution in [0.15, 0.2) is 0 Å². The second kappa shape index (κ2) is 10.1. The van der Waals surface area contributed by atoms with E-state index in [-0.39, 0.29) is 18.8 Å². The zero-order chi connectivity index (χ0) is 12.4. The van der Waals surface area contributed by atoms with Crippen molar-refractivity contribution in [1.29, 1.82) is 0 Å². The van der Waals surface area contributed by atoms with Gasteiger partial charge in [0, 0.05) is 7.11 Å². The first-order valence-corrected chi connectivity index (χ1v) is 6.44. The monoisotopic (exact) mass is 232 g/mol. The lowest BCUT2D eigenvalue weighted by Gasteiger charge is -2.26. The molecular formula is C13H28O3. The highest BCUT2D eigenvalue weighted by molar-refractivity contribution is 4.70. The number of rotatable bonds is 10. The molecule has 16 heavy (non-hydrogen) atoms. The maximum absolute atomic E-state index is 8.90. The van der Waals surface area contributed by atoms with Crippen molar-refractivity contribution in [2.75, 3.05) is 20.3 Å². The van der Waals surface area contributed by atoms with E-state index in [1.54, 1.807) is 7.11 Å². The van der Waals surface area contributed by atoms with Crippen molar-refractivity contribution in [2.45, 2.75) is 58.7 Å². The third-order valence-electron chi connectivity index (χ3n) is 2.95. The average Bonchev–Trinajstić information content (AvgIpc) is 2.30. The molecule has 0 heterocycles. The standard InChI is InChI=1S/C13H28O3/c1-5-7-12(8-6-2)13(15-4)10-16-11(3)9-14/h11-14H,5-10H2,1-4H3. The van der Waals surface area contributed by atoms with Crippen LogP contribution in [0.3, 0.4) is 0 Å². The quantitative estimate of drug-likeness (QED) is 0.629. The van der Waals surface area contributed by atoms with E-state index in [0.717, 1.165) is 0 Å². The van der Waals surface area contributed by atoms with Gasteiger partial charge in [0.15, 0.2) is 0 Å². The van der Waals surface area contributed by atoms with Crippen molar-refractivity contribution in [1.82, 2.24) is 0 Å². The van der Waals surface area contributed by atoms with Gasteiger partial charge in [0.25, 0.3) is 0 Å². The molecule has 0 aromatic rings. The van der Waals surface area contributed by atoms with Crippen molar-refractivity contribution in [3.63, 3.8) is 0 Å². The highest BCUT2D eigenvalue weighted by Crippen LogP contribution is 2.20. The molecule has 0 saturated heterocycles. The number of hydrogen-bond acceptors (Lipinski definition) is 3. The summed E-state index contributed by atoms with van der Waals surface area (Å²) in [6.45, 7) is 6.94. The predicted molar refractivity (Wildman–Crippen MR) is 66.6 cm³/mol. The Bertz CT molecular complexity index is 144. The van der Waals surface area contributed by atoms with Crippen LogP contribution in [0.5, 0.6) is 0 Å². The molecule has 0 aliphatic heterocycles. The molecule has 98 valence electrons. The summed E-state index contributed by atoms with van der Waals surface area (Å²) < 4.78 is 11.0. The Hall–Kier alpha value is -0.120. The minimum atomic E-state index is -0.0958. The molecule has 1 N–H and O–H groups in total. The molecule has 0 spiro atoms. The van der Waals surface area contributed by atoms with Crippen molar-refractivity contribution in [3.8, 4) is 0 Å². The van der Waals surface area contributed by atoms with Crippen LogP contribution >= 0.6 is 0 Å². The molecule has 2 atom stereocenters. The van der Waals surface area contributed by atoms with E-state index in [1.165, 1.54) is 25.7 Å². The molecule has 0 saturated carbocycles. The molecule has 0 radical (unpaired) electrons. The molecule has 0 amide bonds. The van der Waals surface area contributed by atoms with E-state index in [0.29, 0.717) is 12.5 Å². The molecule has 3 nitrogen and oxygen atoms in total. The van der Waals surface area contributed by atoms with Crippen molar-refractivity contribution < 1.29 is 14.6 Å². The smallest absolute Gasteiger partial charge is 0.0832 e. The van der Waals surface area contributed by atoms with Gasteiger partial charge in [0.05, 0.1) is 25.4 Å². The number of aliphatic hydroxyl groups is 1. The Morgan fingerprint density at radius 1 is 1.12 bits per heavy atom. The molecule has 0 aliphatic carbocycles. The fourth-order valence-electron chi connectivity index (χ4n) is 1.97. The first-order chi connectivity index (χ1) is 7.69. The zero-order valence-corrected chi connectivity index (χ0v) is 11.2. The molecule has 0 aromatic heterocycles. The van der Waals surface area contributed by atoms with Crippen LogP contribution in [-0.2, 0) is 9.47 Å². The largest absolute Gasteiger partial charge is 0.394 e. The lowest BCUT2D eigenvalue weighted by atomic mass is 9.92. The molecule has 0 aliphatic rings. The van der Waals surface area contributed by atoms with E-state index in [1.807, 2.05) is 6.92 Å². The summed E-state index contributed by atoms with van der Waals surface area (Å²) in [4.78, 5) is 0. The summed E-state index contributed by atoms with van der Waals surface area (Å²) in [5, 5.41) is 8.90. The lowest BCUT2D eigenvalue weighted by molar-refractivity contribution is -0.0611. The predicted octanol–water partition coefficient (Wildman–Crippen LogP) is 2.62. The lowest BCUT2D eigenvalue weighted by Crippen LogP contribution is -2.30. The van der Waals surface area contributed by atoms with E-state index in [2.05, 4.69) is 13.8 Å². The van der Waals surface area contributed by atoms with E-state index in [9.17, 15) is 0 Å². The van der Waals surface area contributed by atoms with Crippen molar-refractivity contribution >= 4 is 0 Å². The summed E-state index contributed by atoms with van der Waals surface area (Å²) in [6.07, 6.45) is 4.79. The van der Waals surface area contributed by atoms with Gasteiger partial charge in [0.2, 0.25) is 0 Å². The third-order valence-corrected chi connectivity index (χ3v) is 2.95.